The fraction of sp³-hybridized carbons (Fsp3) is 0.889. The van der Waals surface area contributed by atoms with Crippen LogP contribution in [-0.2, 0) is 4.79 Å². The molecule has 0 fully saturated rings. The zero-order valence-corrected chi connectivity index (χ0v) is 7.81. The van der Waals surface area contributed by atoms with E-state index in [1.54, 1.807) is 6.92 Å². The molecule has 0 saturated heterocycles. The first kappa shape index (κ1) is 10.6. The summed E-state index contributed by atoms with van der Waals surface area (Å²) in [4.78, 5) is 10.6. The smallest absolute Gasteiger partial charge is 0.129 e. The van der Waals surface area contributed by atoms with Gasteiger partial charge in [-0.15, -0.1) is 0 Å². The molecule has 1 N–H and O–H groups in total. The number of hydrogen-bond donors (Lipinski definition) is 1. The predicted molar refractivity (Wildman–Crippen MR) is 47.6 cm³/mol. The molecule has 0 spiro atoms. The van der Waals surface area contributed by atoms with Crippen molar-refractivity contribution in [2.75, 3.05) is 13.6 Å². The molecule has 2 nitrogen and oxygen atoms in total. The molecule has 0 aliphatic heterocycles. The highest BCUT2D eigenvalue weighted by atomic mass is 16.1. The molecular weight excluding hydrogens is 138 g/mol. The van der Waals surface area contributed by atoms with Crippen LogP contribution in [0.4, 0.5) is 0 Å². The molecule has 1 atom stereocenters. The highest BCUT2D eigenvalue weighted by molar-refractivity contribution is 5.75. The topological polar surface area (TPSA) is 29.1 Å². The molecule has 0 amide bonds. The molecule has 0 aromatic carbocycles. The number of carbonyl (C=O) groups is 1. The molecule has 0 bridgehead atoms. The predicted octanol–water partition coefficient (Wildman–Crippen LogP) is 1.60. The molecule has 0 aromatic rings. The highest BCUT2D eigenvalue weighted by Crippen LogP contribution is 2.09. The third kappa shape index (κ3) is 7.53. The van der Waals surface area contributed by atoms with Gasteiger partial charge in [0.05, 0.1) is 0 Å². The summed E-state index contributed by atoms with van der Waals surface area (Å²) in [6, 6.07) is 0. The molecule has 0 rings (SSSR count). The monoisotopic (exact) mass is 157 g/mol. The van der Waals surface area contributed by atoms with Gasteiger partial charge in [0, 0.05) is 6.42 Å². The van der Waals surface area contributed by atoms with Gasteiger partial charge in [-0.3, -0.25) is 0 Å². The second-order valence-corrected chi connectivity index (χ2v) is 3.24. The van der Waals surface area contributed by atoms with Crippen molar-refractivity contribution in [2.24, 2.45) is 5.92 Å². The number of Topliss-reactive ketones (excluding diaryl/α,β-unsaturated/α-hetero) is 1. The van der Waals surface area contributed by atoms with Gasteiger partial charge in [-0.25, -0.2) is 0 Å². The zero-order chi connectivity index (χ0) is 8.69. The van der Waals surface area contributed by atoms with E-state index in [2.05, 4.69) is 12.2 Å². The molecule has 0 saturated carbocycles. The first-order valence-electron chi connectivity index (χ1n) is 4.31. The van der Waals surface area contributed by atoms with Crippen LogP contribution in [0.25, 0.3) is 0 Å². The molecule has 2 heteroatoms. The number of rotatable bonds is 6. The van der Waals surface area contributed by atoms with Gasteiger partial charge in [0.1, 0.15) is 5.78 Å². The minimum atomic E-state index is 0.307. The lowest BCUT2D eigenvalue weighted by atomic mass is 10.0. The molecule has 66 valence electrons. The SMILES string of the molecule is CNCC[C@@H](C)CCC(C)=O. The third-order valence-electron chi connectivity index (χ3n) is 1.88. The Hall–Kier alpha value is -0.370. The van der Waals surface area contributed by atoms with E-state index in [-0.39, 0.29) is 0 Å². The van der Waals surface area contributed by atoms with Gasteiger partial charge in [-0.1, -0.05) is 6.92 Å². The first-order chi connectivity index (χ1) is 5.16. The number of nitrogens with one attached hydrogen (secondary N) is 1. The summed E-state index contributed by atoms with van der Waals surface area (Å²) >= 11 is 0. The summed E-state index contributed by atoms with van der Waals surface area (Å²) in [6.45, 7) is 4.91. The maximum Gasteiger partial charge on any atom is 0.129 e. The van der Waals surface area contributed by atoms with Gasteiger partial charge in [0.25, 0.3) is 0 Å². The molecule has 0 aliphatic carbocycles. The van der Waals surface area contributed by atoms with E-state index < -0.39 is 0 Å². The fourth-order valence-corrected chi connectivity index (χ4v) is 0.985. The number of ketones is 1. The Kier molecular flexibility index (Phi) is 6.13. The first-order valence-corrected chi connectivity index (χ1v) is 4.31. The van der Waals surface area contributed by atoms with Crippen LogP contribution >= 0.6 is 0 Å². The van der Waals surface area contributed by atoms with Crippen LogP contribution in [0.2, 0.25) is 0 Å². The third-order valence-corrected chi connectivity index (χ3v) is 1.88. The van der Waals surface area contributed by atoms with Crippen molar-refractivity contribution >= 4 is 5.78 Å². The fourth-order valence-electron chi connectivity index (χ4n) is 0.985. The minimum Gasteiger partial charge on any atom is -0.320 e. The van der Waals surface area contributed by atoms with Gasteiger partial charge >= 0.3 is 0 Å². The maximum absolute atomic E-state index is 10.6. The van der Waals surface area contributed by atoms with Crippen LogP contribution in [0.1, 0.15) is 33.1 Å². The van der Waals surface area contributed by atoms with Crippen LogP contribution in [0.5, 0.6) is 0 Å². The largest absolute Gasteiger partial charge is 0.320 e. The molecule has 0 radical (unpaired) electrons. The lowest BCUT2D eigenvalue weighted by Crippen LogP contribution is -2.11. The van der Waals surface area contributed by atoms with Crippen molar-refractivity contribution in [1.29, 1.82) is 0 Å². The lowest BCUT2D eigenvalue weighted by molar-refractivity contribution is -0.117. The average Bonchev–Trinajstić information content (AvgIpc) is 1.97. The molecular formula is C9H19NO. The molecule has 0 aromatic heterocycles. The van der Waals surface area contributed by atoms with Crippen LogP contribution in [0, 0.1) is 5.92 Å². The summed E-state index contributed by atoms with van der Waals surface area (Å²) in [5, 5.41) is 3.10. The summed E-state index contributed by atoms with van der Waals surface area (Å²) in [7, 11) is 1.96. The van der Waals surface area contributed by atoms with E-state index in [1.807, 2.05) is 7.05 Å². The van der Waals surface area contributed by atoms with E-state index >= 15 is 0 Å². The number of carbonyl (C=O) groups excluding carboxylic acids is 1. The van der Waals surface area contributed by atoms with E-state index in [1.165, 1.54) is 6.42 Å². The van der Waals surface area contributed by atoms with Crippen LogP contribution in [0.15, 0.2) is 0 Å². The van der Waals surface area contributed by atoms with Gasteiger partial charge in [0.2, 0.25) is 0 Å². The van der Waals surface area contributed by atoms with Crippen molar-refractivity contribution in [3.8, 4) is 0 Å². The standard InChI is InChI=1S/C9H19NO/c1-8(6-7-10-3)4-5-9(2)11/h8,10H,4-7H2,1-3H3/t8-/m0/s1. The van der Waals surface area contributed by atoms with Crippen molar-refractivity contribution in [2.45, 2.75) is 33.1 Å². The Morgan fingerprint density at radius 1 is 1.45 bits per heavy atom. The van der Waals surface area contributed by atoms with Crippen molar-refractivity contribution < 1.29 is 4.79 Å². The maximum atomic E-state index is 10.6. The second kappa shape index (κ2) is 6.35. The van der Waals surface area contributed by atoms with E-state index in [0.717, 1.165) is 19.4 Å². The van der Waals surface area contributed by atoms with Crippen LogP contribution < -0.4 is 5.32 Å². The quantitative estimate of drug-likeness (QED) is 0.634. The Balaban J connectivity index is 3.22. The van der Waals surface area contributed by atoms with Crippen LogP contribution in [0.3, 0.4) is 0 Å². The Morgan fingerprint density at radius 2 is 2.09 bits per heavy atom. The van der Waals surface area contributed by atoms with Gasteiger partial charge < -0.3 is 10.1 Å². The summed E-state index contributed by atoms with van der Waals surface area (Å²) in [5.41, 5.74) is 0. The van der Waals surface area contributed by atoms with E-state index in [4.69, 9.17) is 0 Å². The van der Waals surface area contributed by atoms with Crippen molar-refractivity contribution in [1.82, 2.24) is 5.32 Å². The Labute approximate surface area is 69.4 Å². The van der Waals surface area contributed by atoms with Crippen LogP contribution in [-0.4, -0.2) is 19.4 Å². The van der Waals surface area contributed by atoms with Gasteiger partial charge in [-0.05, 0) is 39.3 Å². The second-order valence-electron chi connectivity index (χ2n) is 3.24. The van der Waals surface area contributed by atoms with E-state index in [0.29, 0.717) is 11.7 Å². The highest BCUT2D eigenvalue weighted by Gasteiger charge is 2.02. The van der Waals surface area contributed by atoms with Gasteiger partial charge in [-0.2, -0.15) is 0 Å². The average molecular weight is 157 g/mol. The number of hydrogen-bond acceptors (Lipinski definition) is 2. The minimum absolute atomic E-state index is 0.307. The molecule has 0 aliphatic rings. The van der Waals surface area contributed by atoms with Crippen molar-refractivity contribution in [3.63, 3.8) is 0 Å². The molecule has 0 unspecified atom stereocenters. The summed E-state index contributed by atoms with van der Waals surface area (Å²) in [5.74, 6) is 0.979. The molecule has 11 heavy (non-hydrogen) atoms. The van der Waals surface area contributed by atoms with Gasteiger partial charge in [0.15, 0.2) is 0 Å². The molecule has 0 heterocycles. The summed E-state index contributed by atoms with van der Waals surface area (Å²) < 4.78 is 0. The summed E-state index contributed by atoms with van der Waals surface area (Å²) in [6.07, 6.45) is 2.95. The normalized spacial score (nSPS) is 13.0. The van der Waals surface area contributed by atoms with E-state index in [9.17, 15) is 4.79 Å². The Bertz CT molecular complexity index is 112. The lowest BCUT2D eigenvalue weighted by Gasteiger charge is -2.08. The Morgan fingerprint density at radius 3 is 2.55 bits per heavy atom. The zero-order valence-electron chi connectivity index (χ0n) is 7.81. The van der Waals surface area contributed by atoms with Crippen molar-refractivity contribution in [3.05, 3.63) is 0 Å².